The molecule has 1 heterocycles. The lowest BCUT2D eigenvalue weighted by Crippen LogP contribution is -2.40. The van der Waals surface area contributed by atoms with Gasteiger partial charge in [-0.05, 0) is 38.8 Å². The molecule has 0 aliphatic carbocycles. The molecule has 1 aliphatic heterocycles. The molecule has 0 radical (unpaired) electrons. The highest BCUT2D eigenvalue weighted by Gasteiger charge is 2.40. The second-order valence-electron chi connectivity index (χ2n) is 6.72. The van der Waals surface area contributed by atoms with Gasteiger partial charge < -0.3 is 0 Å². The maximum Gasteiger partial charge on any atom is 0.243 e. The maximum atomic E-state index is 13.1. The molecule has 25 heavy (non-hydrogen) atoms. The summed E-state index contributed by atoms with van der Waals surface area (Å²) >= 11 is 0. The Labute approximate surface area is 149 Å². The maximum absolute atomic E-state index is 13.1. The van der Waals surface area contributed by atoms with Gasteiger partial charge in [0, 0.05) is 24.1 Å². The third kappa shape index (κ3) is 3.67. The zero-order valence-electron chi connectivity index (χ0n) is 14.6. The van der Waals surface area contributed by atoms with Gasteiger partial charge in [-0.25, -0.2) is 8.42 Å². The van der Waals surface area contributed by atoms with Crippen LogP contribution in [0.5, 0.6) is 0 Å². The summed E-state index contributed by atoms with van der Waals surface area (Å²) in [7, 11) is -3.60. The average Bonchev–Trinajstić information content (AvgIpc) is 2.97. The van der Waals surface area contributed by atoms with Gasteiger partial charge in [0.25, 0.3) is 0 Å². The second-order valence-corrected chi connectivity index (χ2v) is 8.56. The monoisotopic (exact) mass is 357 g/mol. The molecule has 4 nitrogen and oxygen atoms in total. The predicted octanol–water partition coefficient (Wildman–Crippen LogP) is 3.81. The Balaban J connectivity index is 1.85. The Hall–Kier alpha value is -1.98. The van der Waals surface area contributed by atoms with Crippen LogP contribution in [0.25, 0.3) is 0 Å². The fourth-order valence-corrected chi connectivity index (χ4v) is 5.34. The van der Waals surface area contributed by atoms with E-state index in [1.54, 1.807) is 40.7 Å². The van der Waals surface area contributed by atoms with Crippen molar-refractivity contribution in [3.05, 3.63) is 65.7 Å². The van der Waals surface area contributed by atoms with Crippen molar-refractivity contribution in [2.75, 3.05) is 0 Å². The lowest BCUT2D eigenvalue weighted by Gasteiger charge is -2.27. The molecule has 0 amide bonds. The molecule has 0 bridgehead atoms. The summed E-state index contributed by atoms with van der Waals surface area (Å²) in [6.07, 6.45) is 1.71. The topological polar surface area (TPSA) is 54.5 Å². The molecule has 0 spiro atoms. The van der Waals surface area contributed by atoms with E-state index in [0.29, 0.717) is 16.9 Å². The van der Waals surface area contributed by atoms with Gasteiger partial charge in [-0.1, -0.05) is 48.0 Å². The summed E-state index contributed by atoms with van der Waals surface area (Å²) < 4.78 is 27.7. The van der Waals surface area contributed by atoms with Crippen molar-refractivity contribution in [3.63, 3.8) is 0 Å². The minimum atomic E-state index is -3.60. The largest absolute Gasteiger partial charge is 0.294 e. The summed E-state index contributed by atoms with van der Waals surface area (Å²) in [5.41, 5.74) is 1.65. The van der Waals surface area contributed by atoms with E-state index in [4.69, 9.17) is 0 Å². The van der Waals surface area contributed by atoms with Gasteiger partial charge in [0.1, 0.15) is 0 Å². The highest BCUT2D eigenvalue weighted by Crippen LogP contribution is 2.33. The third-order valence-corrected chi connectivity index (χ3v) is 6.91. The molecule has 2 atom stereocenters. The zero-order valence-corrected chi connectivity index (χ0v) is 15.4. The third-order valence-electron chi connectivity index (χ3n) is 4.83. The second kappa shape index (κ2) is 7.10. The number of carbonyl (C=O) groups excluding carboxylic acids is 1. The summed E-state index contributed by atoms with van der Waals surface area (Å²) in [5.74, 6) is -0.0104. The number of Topliss-reactive ketones (excluding diaryl/α,β-unsaturated/α-hetero) is 1. The van der Waals surface area contributed by atoms with E-state index in [1.807, 2.05) is 32.0 Å². The number of carbonyl (C=O) groups is 1. The number of nitrogens with zero attached hydrogens (tertiary/aromatic N) is 1. The molecule has 3 rings (SSSR count). The Morgan fingerprint density at radius 3 is 2.32 bits per heavy atom. The van der Waals surface area contributed by atoms with Crippen LogP contribution in [0, 0.1) is 6.92 Å². The molecular formula is C20H23NO3S. The molecule has 1 fully saturated rings. The van der Waals surface area contributed by atoms with E-state index in [9.17, 15) is 13.2 Å². The first-order valence-electron chi connectivity index (χ1n) is 8.58. The number of hydrogen-bond donors (Lipinski definition) is 0. The van der Waals surface area contributed by atoms with Crippen LogP contribution >= 0.6 is 0 Å². The standard InChI is InChI=1S/C20H23NO3S/c1-15-8-12-19(13-9-15)25(23,24)21-16(2)10-11-18(21)14-20(22)17-6-4-3-5-7-17/h3-9,12-13,16,18H,10-11,14H2,1-2H3/t16-,18-/m0/s1. The smallest absolute Gasteiger partial charge is 0.243 e. The Morgan fingerprint density at radius 1 is 1.04 bits per heavy atom. The van der Waals surface area contributed by atoms with Crippen LogP contribution in [-0.2, 0) is 10.0 Å². The van der Waals surface area contributed by atoms with E-state index in [-0.39, 0.29) is 24.3 Å². The Morgan fingerprint density at radius 2 is 1.68 bits per heavy atom. The highest BCUT2D eigenvalue weighted by molar-refractivity contribution is 7.89. The van der Waals surface area contributed by atoms with Crippen LogP contribution in [0.2, 0.25) is 0 Å². The van der Waals surface area contributed by atoms with Crippen molar-refractivity contribution in [1.82, 2.24) is 4.31 Å². The lowest BCUT2D eigenvalue weighted by molar-refractivity contribution is 0.0958. The van der Waals surface area contributed by atoms with Crippen LogP contribution in [-0.4, -0.2) is 30.6 Å². The first-order chi connectivity index (χ1) is 11.9. The van der Waals surface area contributed by atoms with E-state index < -0.39 is 10.0 Å². The number of hydrogen-bond acceptors (Lipinski definition) is 3. The molecule has 1 saturated heterocycles. The first kappa shape index (κ1) is 17.8. The van der Waals surface area contributed by atoms with E-state index >= 15 is 0 Å². The summed E-state index contributed by atoms with van der Waals surface area (Å²) in [6.45, 7) is 3.84. The predicted molar refractivity (Wildman–Crippen MR) is 98.1 cm³/mol. The minimum Gasteiger partial charge on any atom is -0.294 e. The average molecular weight is 357 g/mol. The van der Waals surface area contributed by atoms with E-state index in [1.165, 1.54) is 0 Å². The Bertz CT molecular complexity index is 844. The van der Waals surface area contributed by atoms with Crippen LogP contribution in [0.1, 0.15) is 42.1 Å². The molecule has 0 N–H and O–H groups in total. The summed E-state index contributed by atoms with van der Waals surface area (Å²) in [4.78, 5) is 12.8. The molecular weight excluding hydrogens is 334 g/mol. The van der Waals surface area contributed by atoms with Crippen molar-refractivity contribution in [3.8, 4) is 0 Å². The number of ketones is 1. The molecule has 0 aromatic heterocycles. The van der Waals surface area contributed by atoms with E-state index in [2.05, 4.69) is 0 Å². The van der Waals surface area contributed by atoms with Crippen LogP contribution in [0.15, 0.2) is 59.5 Å². The molecule has 1 aliphatic rings. The van der Waals surface area contributed by atoms with Crippen molar-refractivity contribution in [2.24, 2.45) is 0 Å². The molecule has 2 aromatic carbocycles. The fourth-order valence-electron chi connectivity index (χ4n) is 3.46. The van der Waals surface area contributed by atoms with Gasteiger partial charge >= 0.3 is 0 Å². The van der Waals surface area contributed by atoms with Crippen molar-refractivity contribution < 1.29 is 13.2 Å². The number of sulfonamides is 1. The van der Waals surface area contributed by atoms with Crippen LogP contribution < -0.4 is 0 Å². The van der Waals surface area contributed by atoms with Gasteiger partial charge in [0.15, 0.2) is 5.78 Å². The van der Waals surface area contributed by atoms with Gasteiger partial charge in [-0.3, -0.25) is 4.79 Å². The van der Waals surface area contributed by atoms with Gasteiger partial charge in [0.2, 0.25) is 10.0 Å². The van der Waals surface area contributed by atoms with Crippen LogP contribution in [0.4, 0.5) is 0 Å². The Kier molecular flexibility index (Phi) is 5.06. The SMILES string of the molecule is Cc1ccc(S(=O)(=O)N2[C@H](CC(=O)c3ccccc3)CC[C@@H]2C)cc1. The quantitative estimate of drug-likeness (QED) is 0.765. The summed E-state index contributed by atoms with van der Waals surface area (Å²) in [5, 5.41) is 0. The number of benzene rings is 2. The minimum absolute atomic E-state index is 0.0104. The normalized spacial score (nSPS) is 21.4. The molecule has 5 heteroatoms. The van der Waals surface area contributed by atoms with Gasteiger partial charge in [-0.2, -0.15) is 4.31 Å². The number of aryl methyl sites for hydroxylation is 1. The highest BCUT2D eigenvalue weighted by atomic mass is 32.2. The van der Waals surface area contributed by atoms with Gasteiger partial charge in [-0.15, -0.1) is 0 Å². The first-order valence-corrected chi connectivity index (χ1v) is 10.0. The van der Waals surface area contributed by atoms with Crippen molar-refractivity contribution >= 4 is 15.8 Å². The number of rotatable bonds is 5. The zero-order chi connectivity index (χ0) is 18.0. The summed E-state index contributed by atoms with van der Waals surface area (Å²) in [6, 6.07) is 15.6. The molecule has 2 aromatic rings. The molecule has 0 saturated carbocycles. The van der Waals surface area contributed by atoms with Gasteiger partial charge in [0.05, 0.1) is 4.90 Å². The van der Waals surface area contributed by atoms with Crippen LogP contribution in [0.3, 0.4) is 0 Å². The lowest BCUT2D eigenvalue weighted by atomic mass is 10.0. The molecule has 0 unspecified atom stereocenters. The fraction of sp³-hybridized carbons (Fsp3) is 0.350. The van der Waals surface area contributed by atoms with Crippen molar-refractivity contribution in [2.45, 2.75) is 50.1 Å². The molecule has 132 valence electrons. The van der Waals surface area contributed by atoms with Crippen molar-refractivity contribution in [1.29, 1.82) is 0 Å². The van der Waals surface area contributed by atoms with E-state index in [0.717, 1.165) is 12.0 Å².